The summed E-state index contributed by atoms with van der Waals surface area (Å²) in [6.45, 7) is 6.23. The lowest BCUT2D eigenvalue weighted by Crippen LogP contribution is -2.38. The number of benzene rings is 2. The number of rotatable bonds is 6. The highest BCUT2D eigenvalue weighted by molar-refractivity contribution is 5.97. The second kappa shape index (κ2) is 9.83. The van der Waals surface area contributed by atoms with Crippen LogP contribution in [0.4, 0.5) is 11.4 Å². The van der Waals surface area contributed by atoms with Crippen molar-refractivity contribution < 1.29 is 19.1 Å². The normalized spacial score (nSPS) is 16.8. The van der Waals surface area contributed by atoms with Gasteiger partial charge in [-0.15, -0.1) is 0 Å². The molecule has 1 atom stereocenters. The van der Waals surface area contributed by atoms with Crippen LogP contribution >= 0.6 is 0 Å². The molecule has 0 spiro atoms. The third kappa shape index (κ3) is 5.17. The van der Waals surface area contributed by atoms with Crippen LogP contribution in [0, 0.1) is 0 Å². The number of nitrogens with zero attached hydrogens (tertiary/aromatic N) is 2. The van der Waals surface area contributed by atoms with Crippen molar-refractivity contribution in [2.75, 3.05) is 49.3 Å². The van der Waals surface area contributed by atoms with Gasteiger partial charge in [-0.05, 0) is 36.8 Å². The van der Waals surface area contributed by atoms with Crippen molar-refractivity contribution in [3.63, 3.8) is 0 Å². The van der Waals surface area contributed by atoms with Crippen molar-refractivity contribution in [3.05, 3.63) is 54.1 Å². The first kappa shape index (κ1) is 21.2. The number of para-hydroxylation sites is 2. The van der Waals surface area contributed by atoms with Crippen molar-refractivity contribution in [1.82, 2.24) is 5.32 Å². The lowest BCUT2D eigenvalue weighted by atomic mass is 10.1. The number of fused-ring (bicyclic) bond motifs is 1. The predicted molar refractivity (Wildman–Crippen MR) is 120 cm³/mol. The minimum Gasteiger partial charge on any atom is -0.490 e. The summed E-state index contributed by atoms with van der Waals surface area (Å²) in [5.74, 6) is 0.522. The third-order valence-corrected chi connectivity index (χ3v) is 5.74. The Morgan fingerprint density at radius 3 is 2.48 bits per heavy atom. The van der Waals surface area contributed by atoms with Gasteiger partial charge in [-0.25, -0.2) is 0 Å². The standard InChI is InChI=1S/C24H29N3O4/c1-18(19-6-8-20(9-7-19)26-12-15-30-16-13-26)25-23(28)10-11-24(29)27-14-17-31-22-5-3-2-4-21(22)27/h2-9,18H,10-17H2,1H3,(H,25,28). The Hall–Kier alpha value is -3.06. The molecule has 0 aromatic heterocycles. The van der Waals surface area contributed by atoms with Crippen LogP contribution in [-0.2, 0) is 14.3 Å². The summed E-state index contributed by atoms with van der Waals surface area (Å²) in [6, 6.07) is 15.6. The second-order valence-corrected chi connectivity index (χ2v) is 7.84. The Balaban J connectivity index is 1.27. The Labute approximate surface area is 182 Å². The number of carbonyl (C=O) groups excluding carboxylic acids is 2. The first-order valence-electron chi connectivity index (χ1n) is 10.9. The molecule has 0 saturated carbocycles. The lowest BCUT2D eigenvalue weighted by Gasteiger charge is -2.29. The van der Waals surface area contributed by atoms with Crippen molar-refractivity contribution in [1.29, 1.82) is 0 Å². The van der Waals surface area contributed by atoms with Crippen molar-refractivity contribution in [2.45, 2.75) is 25.8 Å². The first-order chi connectivity index (χ1) is 15.1. The van der Waals surface area contributed by atoms with Gasteiger partial charge in [0.05, 0.1) is 31.5 Å². The summed E-state index contributed by atoms with van der Waals surface area (Å²) >= 11 is 0. The summed E-state index contributed by atoms with van der Waals surface area (Å²) < 4.78 is 11.0. The van der Waals surface area contributed by atoms with Crippen LogP contribution in [0.5, 0.6) is 5.75 Å². The van der Waals surface area contributed by atoms with Gasteiger partial charge in [0.25, 0.3) is 0 Å². The van der Waals surface area contributed by atoms with Gasteiger partial charge in [0.2, 0.25) is 11.8 Å². The average molecular weight is 424 g/mol. The smallest absolute Gasteiger partial charge is 0.227 e. The molecule has 2 aromatic carbocycles. The molecule has 1 fully saturated rings. The molecule has 7 nitrogen and oxygen atoms in total. The zero-order valence-electron chi connectivity index (χ0n) is 17.9. The Bertz CT molecular complexity index is 909. The highest BCUT2D eigenvalue weighted by Gasteiger charge is 2.23. The number of carbonyl (C=O) groups is 2. The lowest BCUT2D eigenvalue weighted by molar-refractivity contribution is -0.125. The van der Waals surface area contributed by atoms with Crippen LogP contribution in [-0.4, -0.2) is 51.3 Å². The van der Waals surface area contributed by atoms with Crippen LogP contribution in [0.2, 0.25) is 0 Å². The minimum atomic E-state index is -0.125. The van der Waals surface area contributed by atoms with Crippen molar-refractivity contribution in [3.8, 4) is 5.75 Å². The van der Waals surface area contributed by atoms with Crippen LogP contribution in [0.3, 0.4) is 0 Å². The highest BCUT2D eigenvalue weighted by Crippen LogP contribution is 2.31. The fourth-order valence-electron chi connectivity index (χ4n) is 3.98. The molecule has 164 valence electrons. The molecule has 2 aromatic rings. The van der Waals surface area contributed by atoms with Gasteiger partial charge in [0.15, 0.2) is 0 Å². The summed E-state index contributed by atoms with van der Waals surface area (Å²) in [7, 11) is 0. The van der Waals surface area contributed by atoms with E-state index in [1.165, 1.54) is 5.69 Å². The molecule has 1 unspecified atom stereocenters. The number of nitrogens with one attached hydrogen (secondary N) is 1. The number of morpholine rings is 1. The van der Waals surface area contributed by atoms with E-state index in [-0.39, 0.29) is 30.7 Å². The van der Waals surface area contributed by atoms with Gasteiger partial charge in [-0.2, -0.15) is 0 Å². The largest absolute Gasteiger partial charge is 0.490 e. The zero-order chi connectivity index (χ0) is 21.6. The number of anilines is 2. The second-order valence-electron chi connectivity index (χ2n) is 7.84. The van der Waals surface area contributed by atoms with Gasteiger partial charge in [-0.1, -0.05) is 24.3 Å². The molecule has 2 heterocycles. The maximum atomic E-state index is 12.7. The van der Waals surface area contributed by atoms with E-state index in [9.17, 15) is 9.59 Å². The fourth-order valence-corrected chi connectivity index (χ4v) is 3.98. The fraction of sp³-hybridized carbons (Fsp3) is 0.417. The van der Waals surface area contributed by atoms with Crippen molar-refractivity contribution in [2.24, 2.45) is 0 Å². The van der Waals surface area contributed by atoms with Crippen LogP contribution in [0.25, 0.3) is 0 Å². The maximum absolute atomic E-state index is 12.7. The van der Waals surface area contributed by atoms with Crippen LogP contribution in [0.15, 0.2) is 48.5 Å². The molecule has 31 heavy (non-hydrogen) atoms. The van der Waals surface area contributed by atoms with E-state index in [4.69, 9.17) is 9.47 Å². The summed E-state index contributed by atoms with van der Waals surface area (Å²) in [6.07, 6.45) is 0.331. The number of hydrogen-bond acceptors (Lipinski definition) is 5. The van der Waals surface area contributed by atoms with Gasteiger partial charge in [0.1, 0.15) is 12.4 Å². The summed E-state index contributed by atoms with van der Waals surface area (Å²) in [4.78, 5) is 29.1. The first-order valence-corrected chi connectivity index (χ1v) is 10.9. The Morgan fingerprint density at radius 1 is 0.968 bits per heavy atom. The van der Waals surface area contributed by atoms with E-state index in [0.717, 1.165) is 37.6 Å². The van der Waals surface area contributed by atoms with Gasteiger partial charge < -0.3 is 24.6 Å². The highest BCUT2D eigenvalue weighted by atomic mass is 16.5. The van der Waals surface area contributed by atoms with Gasteiger partial charge in [-0.3, -0.25) is 9.59 Å². The van der Waals surface area contributed by atoms with Crippen LogP contribution in [0.1, 0.15) is 31.4 Å². The predicted octanol–water partition coefficient (Wildman–Crippen LogP) is 2.91. The molecule has 0 radical (unpaired) electrons. The molecule has 2 aliphatic heterocycles. The zero-order valence-corrected chi connectivity index (χ0v) is 17.9. The number of ether oxygens (including phenoxy) is 2. The van der Waals surface area contributed by atoms with E-state index in [1.54, 1.807) is 4.90 Å². The average Bonchev–Trinajstić information content (AvgIpc) is 2.83. The Morgan fingerprint density at radius 2 is 1.71 bits per heavy atom. The molecule has 2 amide bonds. The SMILES string of the molecule is CC(NC(=O)CCC(=O)N1CCOc2ccccc21)c1ccc(N2CCOCC2)cc1. The van der Waals surface area contributed by atoms with E-state index < -0.39 is 0 Å². The van der Waals surface area contributed by atoms with Gasteiger partial charge >= 0.3 is 0 Å². The Kier molecular flexibility index (Phi) is 6.72. The minimum absolute atomic E-state index is 0.0617. The molecule has 1 saturated heterocycles. The monoisotopic (exact) mass is 423 g/mol. The molecule has 7 heteroatoms. The molecule has 0 bridgehead atoms. The number of hydrogen-bond donors (Lipinski definition) is 1. The molecular weight excluding hydrogens is 394 g/mol. The van der Waals surface area contributed by atoms with Crippen LogP contribution < -0.4 is 19.9 Å². The topological polar surface area (TPSA) is 71.1 Å². The van der Waals surface area contributed by atoms with E-state index in [2.05, 4.69) is 22.3 Å². The summed E-state index contributed by atoms with van der Waals surface area (Å²) in [5, 5.41) is 3.00. The molecule has 2 aliphatic rings. The van der Waals surface area contributed by atoms with E-state index >= 15 is 0 Å². The van der Waals surface area contributed by atoms with Gasteiger partial charge in [0, 0.05) is 31.6 Å². The molecule has 1 N–H and O–H groups in total. The third-order valence-electron chi connectivity index (χ3n) is 5.74. The quantitative estimate of drug-likeness (QED) is 0.774. The van der Waals surface area contributed by atoms with Crippen molar-refractivity contribution >= 4 is 23.2 Å². The summed E-state index contributed by atoms with van der Waals surface area (Å²) in [5.41, 5.74) is 2.98. The molecule has 0 aliphatic carbocycles. The van der Waals surface area contributed by atoms with E-state index in [0.29, 0.717) is 18.9 Å². The molecular formula is C24H29N3O4. The molecule has 4 rings (SSSR count). The van der Waals surface area contributed by atoms with E-state index in [1.807, 2.05) is 43.3 Å². The maximum Gasteiger partial charge on any atom is 0.227 e. The number of amides is 2.